The number of likely N-dealkylation sites (N-methyl/N-ethyl adjacent to an activating group) is 1. The van der Waals surface area contributed by atoms with E-state index in [0.29, 0.717) is 12.1 Å². The Hall–Kier alpha value is -0.650. The van der Waals surface area contributed by atoms with Crippen molar-refractivity contribution in [2.24, 2.45) is 0 Å². The van der Waals surface area contributed by atoms with Crippen molar-refractivity contribution in [2.45, 2.75) is 57.7 Å². The average molecular weight is 286 g/mol. The van der Waals surface area contributed by atoms with Gasteiger partial charge in [0.05, 0.1) is 19.8 Å². The third-order valence-electron chi connectivity index (χ3n) is 4.30. The van der Waals surface area contributed by atoms with Crippen LogP contribution in [0.1, 0.15) is 40.0 Å². The van der Waals surface area contributed by atoms with Crippen molar-refractivity contribution in [3.63, 3.8) is 0 Å². The number of esters is 1. The second kappa shape index (κ2) is 7.96. The van der Waals surface area contributed by atoms with E-state index >= 15 is 0 Å². The van der Waals surface area contributed by atoms with Gasteiger partial charge in [-0.1, -0.05) is 0 Å². The van der Waals surface area contributed by atoms with Crippen molar-refractivity contribution in [1.29, 1.82) is 0 Å². The van der Waals surface area contributed by atoms with E-state index in [9.17, 15) is 4.79 Å². The Morgan fingerprint density at radius 1 is 1.45 bits per heavy atom. The molecule has 5 heteroatoms. The summed E-state index contributed by atoms with van der Waals surface area (Å²) in [5.41, 5.74) is -0.571. The fourth-order valence-electron chi connectivity index (χ4n) is 2.63. The first kappa shape index (κ1) is 17.4. The molecule has 1 aliphatic rings. The van der Waals surface area contributed by atoms with Crippen molar-refractivity contribution in [3.05, 3.63) is 0 Å². The summed E-state index contributed by atoms with van der Waals surface area (Å²) in [6.45, 7) is 9.11. The van der Waals surface area contributed by atoms with Crippen LogP contribution in [0.5, 0.6) is 0 Å². The monoisotopic (exact) mass is 286 g/mol. The number of carbonyl (C=O) groups excluding carboxylic acids is 1. The Kier molecular flexibility index (Phi) is 6.92. The van der Waals surface area contributed by atoms with Crippen LogP contribution < -0.4 is 5.32 Å². The lowest BCUT2D eigenvalue weighted by Gasteiger charge is -2.37. The summed E-state index contributed by atoms with van der Waals surface area (Å²) >= 11 is 0. The van der Waals surface area contributed by atoms with E-state index in [2.05, 4.69) is 24.1 Å². The van der Waals surface area contributed by atoms with E-state index in [-0.39, 0.29) is 5.97 Å². The van der Waals surface area contributed by atoms with E-state index in [1.54, 1.807) is 0 Å². The van der Waals surface area contributed by atoms with E-state index < -0.39 is 5.54 Å². The van der Waals surface area contributed by atoms with E-state index in [1.807, 2.05) is 14.0 Å². The van der Waals surface area contributed by atoms with Gasteiger partial charge in [-0.15, -0.1) is 0 Å². The van der Waals surface area contributed by atoms with Crippen molar-refractivity contribution in [2.75, 3.05) is 33.9 Å². The normalized spacial score (nSPS) is 27.1. The van der Waals surface area contributed by atoms with Gasteiger partial charge in [0.25, 0.3) is 0 Å². The summed E-state index contributed by atoms with van der Waals surface area (Å²) in [7, 11) is 3.25. The van der Waals surface area contributed by atoms with E-state index in [0.717, 1.165) is 39.0 Å². The molecule has 0 aromatic heterocycles. The minimum absolute atomic E-state index is 0.187. The summed E-state index contributed by atoms with van der Waals surface area (Å²) in [4.78, 5) is 14.2. The Labute approximate surface area is 123 Å². The van der Waals surface area contributed by atoms with E-state index in [1.165, 1.54) is 7.11 Å². The largest absolute Gasteiger partial charge is 0.468 e. The molecular weight excluding hydrogens is 256 g/mol. The van der Waals surface area contributed by atoms with Crippen LogP contribution in [0.25, 0.3) is 0 Å². The summed E-state index contributed by atoms with van der Waals surface area (Å²) in [5.74, 6) is -0.187. The molecule has 0 radical (unpaired) electrons. The first-order chi connectivity index (χ1) is 9.42. The number of morpholine rings is 1. The van der Waals surface area contributed by atoms with Gasteiger partial charge in [0, 0.05) is 12.6 Å². The van der Waals surface area contributed by atoms with Crippen LogP contribution in [-0.4, -0.2) is 62.4 Å². The highest BCUT2D eigenvalue weighted by molar-refractivity contribution is 5.80. The Balaban J connectivity index is 2.31. The molecule has 3 atom stereocenters. The number of rotatable bonds is 7. The molecule has 0 aliphatic carbocycles. The quantitative estimate of drug-likeness (QED) is 0.566. The fraction of sp³-hybridized carbons (Fsp3) is 0.933. The van der Waals surface area contributed by atoms with Crippen LogP contribution in [0.15, 0.2) is 0 Å². The maximum atomic E-state index is 11.7. The summed E-state index contributed by atoms with van der Waals surface area (Å²) in [5, 5.41) is 3.08. The van der Waals surface area contributed by atoms with Gasteiger partial charge in [-0.25, -0.2) is 0 Å². The molecule has 20 heavy (non-hydrogen) atoms. The molecule has 0 bridgehead atoms. The standard InChI is InChI=1S/C15H30N2O3/c1-12-11-20-13(2)10-17(12)9-7-6-8-15(3,16-4)14(18)19-5/h12-13,16H,6-11H2,1-5H3. The topological polar surface area (TPSA) is 50.8 Å². The number of unbranched alkanes of at least 4 members (excludes halogenated alkanes) is 1. The predicted molar refractivity (Wildman–Crippen MR) is 79.8 cm³/mol. The van der Waals surface area contributed by atoms with Gasteiger partial charge in [0.1, 0.15) is 5.54 Å². The lowest BCUT2D eigenvalue weighted by atomic mass is 9.95. The van der Waals surface area contributed by atoms with Crippen LogP contribution in [0, 0.1) is 0 Å². The number of hydrogen-bond acceptors (Lipinski definition) is 5. The number of hydrogen-bond donors (Lipinski definition) is 1. The third-order valence-corrected chi connectivity index (χ3v) is 4.30. The maximum Gasteiger partial charge on any atom is 0.325 e. The summed E-state index contributed by atoms with van der Waals surface area (Å²) < 4.78 is 10.5. The maximum absolute atomic E-state index is 11.7. The minimum atomic E-state index is -0.571. The zero-order valence-corrected chi connectivity index (χ0v) is 13.6. The summed E-state index contributed by atoms with van der Waals surface area (Å²) in [6.07, 6.45) is 3.21. The molecule has 0 amide bonds. The van der Waals surface area contributed by atoms with Gasteiger partial charge in [0.2, 0.25) is 0 Å². The molecular formula is C15H30N2O3. The second-order valence-corrected chi connectivity index (χ2v) is 6.02. The lowest BCUT2D eigenvalue weighted by molar-refractivity contribution is -0.148. The van der Waals surface area contributed by atoms with Gasteiger partial charge in [-0.3, -0.25) is 9.69 Å². The molecule has 1 heterocycles. The van der Waals surface area contributed by atoms with Crippen LogP contribution in [0.3, 0.4) is 0 Å². The molecule has 1 aliphatic heterocycles. The smallest absolute Gasteiger partial charge is 0.325 e. The molecule has 0 saturated carbocycles. The van der Waals surface area contributed by atoms with Crippen LogP contribution in [0.4, 0.5) is 0 Å². The molecule has 3 unspecified atom stereocenters. The van der Waals surface area contributed by atoms with Gasteiger partial charge < -0.3 is 14.8 Å². The average Bonchev–Trinajstić information content (AvgIpc) is 2.45. The number of ether oxygens (including phenoxy) is 2. The minimum Gasteiger partial charge on any atom is -0.468 e. The first-order valence-corrected chi connectivity index (χ1v) is 7.56. The Morgan fingerprint density at radius 2 is 2.15 bits per heavy atom. The van der Waals surface area contributed by atoms with Gasteiger partial charge in [0.15, 0.2) is 0 Å². The van der Waals surface area contributed by atoms with Crippen molar-refractivity contribution < 1.29 is 14.3 Å². The molecule has 0 spiro atoms. The zero-order valence-electron chi connectivity index (χ0n) is 13.6. The van der Waals surface area contributed by atoms with E-state index in [4.69, 9.17) is 9.47 Å². The first-order valence-electron chi connectivity index (χ1n) is 7.56. The van der Waals surface area contributed by atoms with Crippen LogP contribution in [-0.2, 0) is 14.3 Å². The summed E-state index contributed by atoms with van der Waals surface area (Å²) in [6, 6.07) is 0.488. The SMILES string of the molecule is CNC(C)(CCCCN1CC(C)OCC1C)C(=O)OC. The highest BCUT2D eigenvalue weighted by Gasteiger charge is 2.32. The number of nitrogens with one attached hydrogen (secondary N) is 1. The van der Waals surface area contributed by atoms with Crippen molar-refractivity contribution in [1.82, 2.24) is 10.2 Å². The van der Waals surface area contributed by atoms with Gasteiger partial charge in [-0.2, -0.15) is 0 Å². The lowest BCUT2D eigenvalue weighted by Crippen LogP contribution is -2.49. The van der Waals surface area contributed by atoms with Gasteiger partial charge in [-0.05, 0) is 53.6 Å². The number of methoxy groups -OCH3 is 1. The molecule has 1 saturated heterocycles. The highest BCUT2D eigenvalue weighted by Crippen LogP contribution is 2.17. The van der Waals surface area contributed by atoms with Crippen molar-refractivity contribution >= 4 is 5.97 Å². The van der Waals surface area contributed by atoms with Crippen LogP contribution in [0.2, 0.25) is 0 Å². The molecule has 1 fully saturated rings. The van der Waals surface area contributed by atoms with Crippen molar-refractivity contribution in [3.8, 4) is 0 Å². The fourth-order valence-corrected chi connectivity index (χ4v) is 2.63. The Morgan fingerprint density at radius 3 is 2.75 bits per heavy atom. The van der Waals surface area contributed by atoms with Gasteiger partial charge >= 0.3 is 5.97 Å². The third kappa shape index (κ3) is 4.72. The van der Waals surface area contributed by atoms with Crippen LogP contribution >= 0.6 is 0 Å². The molecule has 0 aromatic rings. The second-order valence-electron chi connectivity index (χ2n) is 6.02. The number of nitrogens with zero attached hydrogens (tertiary/aromatic N) is 1. The zero-order chi connectivity index (χ0) is 15.2. The molecule has 1 rings (SSSR count). The molecule has 5 nitrogen and oxygen atoms in total. The molecule has 1 N–H and O–H groups in total. The Bertz CT molecular complexity index is 311. The molecule has 0 aromatic carbocycles. The number of carbonyl (C=O) groups is 1. The predicted octanol–water partition coefficient (Wildman–Crippen LogP) is 1.42. The highest BCUT2D eigenvalue weighted by atomic mass is 16.5. The molecule has 118 valence electrons.